The van der Waals surface area contributed by atoms with Crippen molar-refractivity contribution >= 4 is 46.4 Å². The van der Waals surface area contributed by atoms with E-state index >= 15 is 0 Å². The molecule has 1 N–H and O–H groups in total. The Kier molecular flexibility index (Phi) is 6.49. The summed E-state index contributed by atoms with van der Waals surface area (Å²) in [5.74, 6) is -1.98. The number of benzene rings is 2. The van der Waals surface area contributed by atoms with Gasteiger partial charge in [-0.1, -0.05) is 25.5 Å². The van der Waals surface area contributed by atoms with Crippen LogP contribution in [0.5, 0.6) is 0 Å². The second-order valence-corrected chi connectivity index (χ2v) is 10.0. The van der Waals surface area contributed by atoms with Crippen LogP contribution in [0.1, 0.15) is 48.0 Å². The Labute approximate surface area is 198 Å². The number of aromatic carboxylic acids is 1. The van der Waals surface area contributed by atoms with Crippen LogP contribution in [0.2, 0.25) is 0 Å². The molecule has 2 aliphatic rings. The van der Waals surface area contributed by atoms with Crippen LogP contribution < -0.4 is 10.4 Å². The van der Waals surface area contributed by atoms with E-state index in [1.807, 2.05) is 6.92 Å². The monoisotopic (exact) mass is 490 g/mol. The molecule has 1 heterocycles. The van der Waals surface area contributed by atoms with Gasteiger partial charge in [0.2, 0.25) is 0 Å². The van der Waals surface area contributed by atoms with Crippen molar-refractivity contribution in [2.24, 2.45) is 5.92 Å². The topological polar surface area (TPSA) is 138 Å². The number of hydrogen-bond acceptors (Lipinski definition) is 8. The smallest absolute Gasteiger partial charge is 0.282 e. The van der Waals surface area contributed by atoms with Gasteiger partial charge in [-0.2, -0.15) is 0 Å². The molecule has 0 unspecified atom stereocenters. The first kappa shape index (κ1) is 23.3. The summed E-state index contributed by atoms with van der Waals surface area (Å²) >= 11 is 8.23. The normalized spacial score (nSPS) is 25.6. The number of anilines is 1. The number of carbonyl (C=O) groups excluding carboxylic acids is 1. The summed E-state index contributed by atoms with van der Waals surface area (Å²) in [5.41, 5.74) is 0.147. The Bertz CT molecular complexity index is 1130. The minimum atomic E-state index is -1.42. The van der Waals surface area contributed by atoms with Gasteiger partial charge in [-0.05, 0) is 30.9 Å². The molecule has 1 saturated carbocycles. The number of halogens is 1. The summed E-state index contributed by atoms with van der Waals surface area (Å²) in [6, 6.07) is 8.66. The summed E-state index contributed by atoms with van der Waals surface area (Å²) in [6.45, 7) is 2.01. The number of rotatable bonds is 7. The highest BCUT2D eigenvalue weighted by Gasteiger charge is 2.52. The zero-order chi connectivity index (χ0) is 23.9. The Balaban J connectivity index is 1.80. The van der Waals surface area contributed by atoms with E-state index in [0.717, 1.165) is 12.8 Å². The van der Waals surface area contributed by atoms with Gasteiger partial charge in [-0.25, -0.2) is 0 Å². The molecule has 174 valence electrons. The van der Waals surface area contributed by atoms with Gasteiger partial charge in [-0.3, -0.25) is 20.2 Å². The number of hydrogen-bond donors (Lipinski definition) is 1. The predicted octanol–water partition coefficient (Wildman–Crippen LogP) is 4.33. The molecule has 9 nitrogen and oxygen atoms in total. The van der Waals surface area contributed by atoms with Crippen molar-refractivity contribution in [3.05, 3.63) is 67.8 Å². The first-order valence-corrected chi connectivity index (χ1v) is 11.9. The second kappa shape index (κ2) is 9.18. The molecular formula is C22H21ClN3O6S-. The third-order valence-electron chi connectivity index (χ3n) is 6.42. The summed E-state index contributed by atoms with van der Waals surface area (Å²) in [7, 11) is 0. The van der Waals surface area contributed by atoms with E-state index in [-0.39, 0.29) is 45.4 Å². The fourth-order valence-corrected chi connectivity index (χ4v) is 7.04. The molecule has 4 rings (SSSR count). The maximum atomic E-state index is 11.8. The molecule has 11 heteroatoms. The molecule has 33 heavy (non-hydrogen) atoms. The third kappa shape index (κ3) is 4.13. The lowest BCUT2D eigenvalue weighted by Crippen LogP contribution is -2.39. The van der Waals surface area contributed by atoms with Crippen LogP contribution in [-0.2, 0) is 0 Å². The van der Waals surface area contributed by atoms with Gasteiger partial charge >= 0.3 is 0 Å². The molecule has 0 aromatic heterocycles. The highest BCUT2D eigenvalue weighted by molar-refractivity contribution is 8.00. The summed E-state index contributed by atoms with van der Waals surface area (Å²) in [5, 5.41) is 37.5. The molecule has 0 amide bonds. The lowest BCUT2D eigenvalue weighted by Gasteiger charge is -2.38. The number of fused-ring (bicyclic) bond motifs is 3. The van der Waals surface area contributed by atoms with Gasteiger partial charge in [0.1, 0.15) is 0 Å². The molecule has 0 radical (unpaired) electrons. The van der Waals surface area contributed by atoms with E-state index in [4.69, 9.17) is 11.6 Å². The van der Waals surface area contributed by atoms with Crippen molar-refractivity contribution in [1.29, 1.82) is 0 Å². The van der Waals surface area contributed by atoms with E-state index in [9.17, 15) is 30.1 Å². The van der Waals surface area contributed by atoms with Crippen molar-refractivity contribution in [1.82, 2.24) is 0 Å². The average Bonchev–Trinajstić information content (AvgIpc) is 3.09. The number of nitrogens with one attached hydrogen (secondary N) is 1. The summed E-state index contributed by atoms with van der Waals surface area (Å²) < 4.78 is 0. The average molecular weight is 491 g/mol. The van der Waals surface area contributed by atoms with Crippen molar-refractivity contribution in [3.63, 3.8) is 0 Å². The minimum absolute atomic E-state index is 0.0184. The molecular weight excluding hydrogens is 470 g/mol. The maximum Gasteiger partial charge on any atom is 0.282 e. The van der Waals surface area contributed by atoms with Crippen LogP contribution in [0.25, 0.3) is 0 Å². The Morgan fingerprint density at radius 2 is 1.85 bits per heavy atom. The minimum Gasteiger partial charge on any atom is -0.545 e. The Morgan fingerprint density at radius 1 is 1.15 bits per heavy atom. The number of nitro benzene ring substituents is 2. The number of carbonyl (C=O) groups is 1. The number of carboxylic acids is 1. The Hall–Kier alpha value is -2.85. The lowest BCUT2D eigenvalue weighted by molar-refractivity contribution is -0.387. The molecule has 0 spiro atoms. The number of nitro groups is 2. The number of thioether (sulfide) groups is 1. The highest BCUT2D eigenvalue weighted by Crippen LogP contribution is 2.57. The SMILES string of the molecule is CCC[C@H]1Nc2c(C(=O)[O-])ccc([N+](=O)[O-])c2[C@@H]2[C@@H](Cl)[C@@H](Sc3ccccc3[N+](=O)[O-])C[C@H]21. The van der Waals surface area contributed by atoms with E-state index in [0.29, 0.717) is 11.3 Å². The number of nitrogens with zero attached hydrogens (tertiary/aromatic N) is 2. The maximum absolute atomic E-state index is 11.8. The van der Waals surface area contributed by atoms with Crippen LogP contribution in [0.3, 0.4) is 0 Å². The van der Waals surface area contributed by atoms with Gasteiger partial charge in [-0.15, -0.1) is 23.4 Å². The number of alkyl halides is 1. The molecule has 1 aliphatic carbocycles. The van der Waals surface area contributed by atoms with E-state index in [1.54, 1.807) is 18.2 Å². The highest BCUT2D eigenvalue weighted by atomic mass is 35.5. The van der Waals surface area contributed by atoms with Crippen molar-refractivity contribution in [2.75, 3.05) is 5.32 Å². The molecule has 5 atom stereocenters. The number of carboxylic acid groups (broad SMARTS) is 1. The first-order chi connectivity index (χ1) is 15.7. The van der Waals surface area contributed by atoms with Gasteiger partial charge in [0.05, 0.1) is 37.3 Å². The number of para-hydroxylation sites is 1. The van der Waals surface area contributed by atoms with Crippen LogP contribution in [0.15, 0.2) is 41.3 Å². The second-order valence-electron chi connectivity index (χ2n) is 8.26. The van der Waals surface area contributed by atoms with Crippen molar-refractivity contribution < 1.29 is 19.7 Å². The fraction of sp³-hybridized carbons (Fsp3) is 0.409. The molecule has 0 bridgehead atoms. The van der Waals surface area contributed by atoms with E-state index in [1.165, 1.54) is 30.0 Å². The van der Waals surface area contributed by atoms with Gasteiger partial charge < -0.3 is 15.2 Å². The summed E-state index contributed by atoms with van der Waals surface area (Å²) in [4.78, 5) is 34.6. The Morgan fingerprint density at radius 3 is 2.48 bits per heavy atom. The van der Waals surface area contributed by atoms with Crippen LogP contribution in [0.4, 0.5) is 17.1 Å². The molecule has 2 aromatic carbocycles. The quantitative estimate of drug-likeness (QED) is 0.343. The fourth-order valence-electron chi connectivity index (χ4n) is 5.10. The zero-order valence-electron chi connectivity index (χ0n) is 17.6. The molecule has 0 saturated heterocycles. The molecule has 1 fully saturated rings. The molecule has 1 aliphatic heterocycles. The molecule has 2 aromatic rings. The van der Waals surface area contributed by atoms with Gasteiger partial charge in [0.15, 0.2) is 0 Å². The standard InChI is InChI=1S/C22H22ClN3O6S/c1-2-5-13-12-10-17(33-16-7-4-3-6-14(16)25(29)30)20(23)18(12)19-15(26(31)32)9-8-11(22(27)28)21(19)24-13/h3-4,6-9,12-13,17-18,20,24H,2,5,10H2,1H3,(H,27,28)/p-1/t12-,13+,17-,18+,20-/m0/s1. The van der Waals surface area contributed by atoms with Gasteiger partial charge in [0, 0.05) is 34.9 Å². The van der Waals surface area contributed by atoms with Crippen LogP contribution in [-0.4, -0.2) is 32.5 Å². The van der Waals surface area contributed by atoms with E-state index < -0.39 is 27.1 Å². The predicted molar refractivity (Wildman–Crippen MR) is 123 cm³/mol. The third-order valence-corrected chi connectivity index (χ3v) is 8.54. The van der Waals surface area contributed by atoms with Gasteiger partial charge in [0.25, 0.3) is 11.4 Å². The van der Waals surface area contributed by atoms with Crippen LogP contribution in [0, 0.1) is 26.1 Å². The lowest BCUT2D eigenvalue weighted by atomic mass is 9.76. The van der Waals surface area contributed by atoms with Crippen molar-refractivity contribution in [2.45, 2.75) is 53.7 Å². The largest absolute Gasteiger partial charge is 0.545 e. The first-order valence-electron chi connectivity index (χ1n) is 10.6. The van der Waals surface area contributed by atoms with E-state index in [2.05, 4.69) is 5.32 Å². The summed E-state index contributed by atoms with van der Waals surface area (Å²) in [6.07, 6.45) is 2.13. The van der Waals surface area contributed by atoms with Crippen molar-refractivity contribution in [3.8, 4) is 0 Å². The van der Waals surface area contributed by atoms with Crippen LogP contribution >= 0.6 is 23.4 Å². The zero-order valence-corrected chi connectivity index (χ0v) is 19.2.